The number of thiophene rings is 1. The van der Waals surface area contributed by atoms with Crippen molar-refractivity contribution in [1.29, 1.82) is 0 Å². The summed E-state index contributed by atoms with van der Waals surface area (Å²) >= 11 is 1.46. The van der Waals surface area contributed by atoms with Crippen molar-refractivity contribution in [3.05, 3.63) is 93.2 Å². The number of nitrogens with zero attached hydrogens (tertiary/aromatic N) is 1. The van der Waals surface area contributed by atoms with E-state index >= 15 is 0 Å². The maximum absolute atomic E-state index is 13.1. The summed E-state index contributed by atoms with van der Waals surface area (Å²) in [7, 11) is 0. The fraction of sp³-hybridized carbons (Fsp3) is 0.200. The lowest BCUT2D eigenvalue weighted by Crippen LogP contribution is -2.28. The van der Waals surface area contributed by atoms with Crippen molar-refractivity contribution in [2.45, 2.75) is 32.0 Å². The maximum atomic E-state index is 13.1. The van der Waals surface area contributed by atoms with Crippen LogP contribution < -0.4 is 4.74 Å². The molecule has 5 rings (SSSR count). The second kappa shape index (κ2) is 7.71. The highest BCUT2D eigenvalue weighted by Crippen LogP contribution is 2.42. The summed E-state index contributed by atoms with van der Waals surface area (Å²) in [5.74, 6) is -0.600. The Morgan fingerprint density at radius 3 is 2.68 bits per heavy atom. The lowest BCUT2D eigenvalue weighted by molar-refractivity contribution is -0.140. The Balaban J connectivity index is 1.60. The minimum atomic E-state index is -0.656. The van der Waals surface area contributed by atoms with E-state index in [0.29, 0.717) is 12.1 Å². The molecule has 0 bridgehead atoms. The number of Topliss-reactive ketones (excluding diaryl/α,β-unsaturated/α-hetero) is 1. The molecule has 1 saturated heterocycles. The second-order valence-electron chi connectivity index (χ2n) is 7.88. The third-order valence-corrected chi connectivity index (χ3v) is 6.64. The third-order valence-electron chi connectivity index (χ3n) is 5.72. The lowest BCUT2D eigenvalue weighted by atomic mass is 9.98. The van der Waals surface area contributed by atoms with Gasteiger partial charge in [0.05, 0.1) is 11.6 Å². The number of aliphatic hydroxyl groups is 1. The molecule has 2 aliphatic heterocycles. The first-order valence-electron chi connectivity index (χ1n) is 10.2. The molecule has 31 heavy (non-hydrogen) atoms. The molecule has 2 unspecified atom stereocenters. The number of aliphatic hydroxyl groups excluding tert-OH is 1. The number of fused-ring (bicyclic) bond motifs is 1. The Labute approximate surface area is 184 Å². The van der Waals surface area contributed by atoms with Gasteiger partial charge >= 0.3 is 0 Å². The number of ether oxygens (including phenoxy) is 1. The quantitative estimate of drug-likeness (QED) is 0.370. The van der Waals surface area contributed by atoms with Gasteiger partial charge in [-0.05, 0) is 47.7 Å². The topological polar surface area (TPSA) is 66.8 Å². The number of amides is 1. The van der Waals surface area contributed by atoms with Crippen molar-refractivity contribution in [3.63, 3.8) is 0 Å². The van der Waals surface area contributed by atoms with Crippen molar-refractivity contribution in [3.8, 4) is 5.75 Å². The van der Waals surface area contributed by atoms with E-state index in [-0.39, 0.29) is 17.4 Å². The molecule has 0 spiro atoms. The predicted molar refractivity (Wildman–Crippen MR) is 119 cm³/mol. The predicted octanol–water partition coefficient (Wildman–Crippen LogP) is 4.69. The van der Waals surface area contributed by atoms with Crippen LogP contribution in [-0.2, 0) is 22.6 Å². The van der Waals surface area contributed by atoms with Gasteiger partial charge in [-0.1, -0.05) is 36.4 Å². The first-order valence-corrected chi connectivity index (χ1v) is 11.1. The largest absolute Gasteiger partial charge is 0.507 e. The second-order valence-corrected chi connectivity index (χ2v) is 8.86. The average molecular weight is 432 g/mol. The Morgan fingerprint density at radius 2 is 1.94 bits per heavy atom. The number of ketones is 1. The Morgan fingerprint density at radius 1 is 1.13 bits per heavy atom. The van der Waals surface area contributed by atoms with Crippen molar-refractivity contribution in [1.82, 2.24) is 4.90 Å². The molecule has 6 heteroatoms. The fourth-order valence-corrected chi connectivity index (χ4v) is 5.14. The average Bonchev–Trinajstić information content (AvgIpc) is 3.48. The first-order chi connectivity index (χ1) is 15.0. The van der Waals surface area contributed by atoms with Gasteiger partial charge in [-0.15, -0.1) is 11.3 Å². The standard InChI is InChI=1S/C25H21NO4S/c1-15-12-18-13-17(9-10-19(18)30-15)23(27)21-22(20-8-5-11-31-20)26(25(29)24(21)28)14-16-6-3-2-4-7-16/h2-11,13,15,22,27H,12,14H2,1H3. The number of rotatable bonds is 4. The van der Waals surface area contributed by atoms with E-state index in [0.717, 1.165) is 28.2 Å². The van der Waals surface area contributed by atoms with Gasteiger partial charge in [0, 0.05) is 23.4 Å². The highest BCUT2D eigenvalue weighted by molar-refractivity contribution is 7.10. The Hall–Kier alpha value is -3.38. The Kier molecular flexibility index (Phi) is 4.87. The zero-order valence-electron chi connectivity index (χ0n) is 16.9. The maximum Gasteiger partial charge on any atom is 0.295 e. The fourth-order valence-electron chi connectivity index (χ4n) is 4.29. The SMILES string of the molecule is CC1Cc2cc(C(O)=C3C(=O)C(=O)N(Cc4ccccc4)C3c3cccs3)ccc2O1. The number of likely N-dealkylation sites (tertiary alicyclic amines) is 1. The van der Waals surface area contributed by atoms with E-state index in [9.17, 15) is 14.7 Å². The summed E-state index contributed by atoms with van der Waals surface area (Å²) in [6.45, 7) is 2.28. The van der Waals surface area contributed by atoms with Gasteiger partial charge in [-0.2, -0.15) is 0 Å². The van der Waals surface area contributed by atoms with E-state index in [4.69, 9.17) is 4.74 Å². The van der Waals surface area contributed by atoms with Gasteiger partial charge in [0.25, 0.3) is 11.7 Å². The Bertz CT molecular complexity index is 1180. The zero-order valence-corrected chi connectivity index (χ0v) is 17.8. The van der Waals surface area contributed by atoms with Crippen LogP contribution in [0.15, 0.2) is 71.6 Å². The number of carbonyl (C=O) groups is 2. The summed E-state index contributed by atoms with van der Waals surface area (Å²) in [6.07, 6.45) is 0.822. The highest BCUT2D eigenvalue weighted by atomic mass is 32.1. The molecular weight excluding hydrogens is 410 g/mol. The van der Waals surface area contributed by atoms with E-state index < -0.39 is 17.7 Å². The molecule has 0 saturated carbocycles. The van der Waals surface area contributed by atoms with Crippen molar-refractivity contribution < 1.29 is 19.4 Å². The van der Waals surface area contributed by atoms with Gasteiger partial charge in [0.2, 0.25) is 0 Å². The van der Waals surface area contributed by atoms with Crippen LogP contribution in [0.1, 0.15) is 34.5 Å². The first kappa shape index (κ1) is 19.6. The molecule has 156 valence electrons. The monoisotopic (exact) mass is 431 g/mol. The molecule has 0 aliphatic carbocycles. The molecule has 1 amide bonds. The van der Waals surface area contributed by atoms with Crippen LogP contribution in [0.3, 0.4) is 0 Å². The lowest BCUT2D eigenvalue weighted by Gasteiger charge is -2.24. The highest BCUT2D eigenvalue weighted by Gasteiger charge is 2.46. The molecule has 1 fully saturated rings. The van der Waals surface area contributed by atoms with Crippen LogP contribution >= 0.6 is 11.3 Å². The van der Waals surface area contributed by atoms with Crippen LogP contribution in [0.4, 0.5) is 0 Å². The van der Waals surface area contributed by atoms with Crippen LogP contribution in [0.25, 0.3) is 5.76 Å². The summed E-state index contributed by atoms with van der Waals surface area (Å²) in [4.78, 5) is 28.5. The molecule has 5 nitrogen and oxygen atoms in total. The molecule has 2 atom stereocenters. The van der Waals surface area contributed by atoms with Crippen molar-refractivity contribution in [2.75, 3.05) is 0 Å². The number of carbonyl (C=O) groups excluding carboxylic acids is 2. The normalized spacial score (nSPS) is 21.9. The van der Waals surface area contributed by atoms with Crippen molar-refractivity contribution in [2.24, 2.45) is 0 Å². The summed E-state index contributed by atoms with van der Waals surface area (Å²) in [5, 5.41) is 13.1. The van der Waals surface area contributed by atoms with E-state index in [1.165, 1.54) is 11.3 Å². The molecule has 1 N–H and O–H groups in total. The number of benzene rings is 2. The molecular formula is C25H21NO4S. The van der Waals surface area contributed by atoms with Gasteiger partial charge < -0.3 is 14.7 Å². The van der Waals surface area contributed by atoms with Gasteiger partial charge in [0.15, 0.2) is 0 Å². The minimum absolute atomic E-state index is 0.0787. The molecule has 2 aromatic carbocycles. The van der Waals surface area contributed by atoms with E-state index in [1.807, 2.05) is 66.9 Å². The molecule has 2 aliphatic rings. The third kappa shape index (κ3) is 3.43. The van der Waals surface area contributed by atoms with Crippen LogP contribution in [0.5, 0.6) is 5.75 Å². The molecule has 3 heterocycles. The number of hydrogen-bond donors (Lipinski definition) is 1. The molecule has 0 radical (unpaired) electrons. The van der Waals surface area contributed by atoms with Gasteiger partial charge in [-0.3, -0.25) is 9.59 Å². The smallest absolute Gasteiger partial charge is 0.295 e. The van der Waals surface area contributed by atoms with Crippen LogP contribution in [-0.4, -0.2) is 27.8 Å². The van der Waals surface area contributed by atoms with Crippen LogP contribution in [0, 0.1) is 0 Å². The van der Waals surface area contributed by atoms with E-state index in [2.05, 4.69) is 0 Å². The van der Waals surface area contributed by atoms with Gasteiger partial charge in [-0.25, -0.2) is 0 Å². The van der Waals surface area contributed by atoms with Crippen LogP contribution in [0.2, 0.25) is 0 Å². The van der Waals surface area contributed by atoms with E-state index in [1.54, 1.807) is 11.0 Å². The molecule has 1 aromatic heterocycles. The summed E-state index contributed by atoms with van der Waals surface area (Å²) in [5.41, 5.74) is 2.57. The number of hydrogen-bond acceptors (Lipinski definition) is 5. The van der Waals surface area contributed by atoms with Gasteiger partial charge in [0.1, 0.15) is 17.6 Å². The minimum Gasteiger partial charge on any atom is -0.507 e. The van der Waals surface area contributed by atoms with Crippen molar-refractivity contribution >= 4 is 28.8 Å². The molecule has 3 aromatic rings. The zero-order chi connectivity index (χ0) is 21.5. The summed E-state index contributed by atoms with van der Waals surface area (Å²) in [6, 6.07) is 18.1. The summed E-state index contributed by atoms with van der Waals surface area (Å²) < 4.78 is 5.74.